The number of hydrogen-bond acceptors (Lipinski definition) is 2. The van der Waals surface area contributed by atoms with Gasteiger partial charge in [0.05, 0.1) is 0 Å². The summed E-state index contributed by atoms with van der Waals surface area (Å²) >= 11 is 0. The number of carbonyl (C=O) groups is 1. The van der Waals surface area contributed by atoms with E-state index in [0.717, 1.165) is 31.7 Å². The van der Waals surface area contributed by atoms with Gasteiger partial charge in [-0.25, -0.2) is 0 Å². The molecule has 2 N–H and O–H groups in total. The van der Waals surface area contributed by atoms with E-state index < -0.39 is 0 Å². The normalized spacial score (nSPS) is 28.8. The number of carbonyl (C=O) groups excluding carboxylic acids is 1. The Labute approximate surface area is 111 Å². The minimum atomic E-state index is 0.305. The van der Waals surface area contributed by atoms with Crippen LogP contribution in [-0.2, 0) is 4.79 Å². The Balaban J connectivity index is 1.89. The quantitative estimate of drug-likeness (QED) is 0.817. The molecule has 0 spiro atoms. The molecule has 2 aliphatic rings. The van der Waals surface area contributed by atoms with Crippen LogP contribution in [0.3, 0.4) is 0 Å². The molecule has 3 nitrogen and oxygen atoms in total. The lowest BCUT2D eigenvalue weighted by Gasteiger charge is -2.40. The predicted molar refractivity (Wildman–Crippen MR) is 74.1 cm³/mol. The summed E-state index contributed by atoms with van der Waals surface area (Å²) in [5.74, 6) is 1.55. The second kappa shape index (κ2) is 6.55. The lowest BCUT2D eigenvalue weighted by atomic mass is 9.81. The first kappa shape index (κ1) is 13.9. The molecule has 2 rings (SSSR count). The zero-order valence-electron chi connectivity index (χ0n) is 11.7. The zero-order valence-corrected chi connectivity index (χ0v) is 11.7. The van der Waals surface area contributed by atoms with Gasteiger partial charge in [-0.3, -0.25) is 4.79 Å². The van der Waals surface area contributed by atoms with Crippen molar-refractivity contribution in [2.24, 2.45) is 17.6 Å². The zero-order chi connectivity index (χ0) is 13.0. The number of nitrogens with two attached hydrogens (primary N) is 1. The monoisotopic (exact) mass is 252 g/mol. The van der Waals surface area contributed by atoms with Crippen LogP contribution < -0.4 is 5.73 Å². The summed E-state index contributed by atoms with van der Waals surface area (Å²) in [5.41, 5.74) is 5.60. The van der Waals surface area contributed by atoms with Crippen LogP contribution in [0.5, 0.6) is 0 Å². The molecular formula is C15H28N2O. The van der Waals surface area contributed by atoms with Crippen LogP contribution >= 0.6 is 0 Å². The van der Waals surface area contributed by atoms with Crippen LogP contribution in [0, 0.1) is 11.8 Å². The Kier molecular flexibility index (Phi) is 5.04. The molecule has 18 heavy (non-hydrogen) atoms. The van der Waals surface area contributed by atoms with Gasteiger partial charge in [-0.2, -0.15) is 0 Å². The van der Waals surface area contributed by atoms with Crippen LogP contribution in [0.25, 0.3) is 0 Å². The average Bonchev–Trinajstić information content (AvgIpc) is 2.32. The fraction of sp³-hybridized carbons (Fsp3) is 0.933. The molecule has 104 valence electrons. The molecule has 0 atom stereocenters. The molecular weight excluding hydrogens is 224 g/mol. The average molecular weight is 252 g/mol. The Morgan fingerprint density at radius 3 is 2.33 bits per heavy atom. The topological polar surface area (TPSA) is 46.3 Å². The maximum Gasteiger partial charge on any atom is 0.225 e. The molecule has 0 aromatic carbocycles. The number of hydrogen-bond donors (Lipinski definition) is 1. The highest BCUT2D eigenvalue weighted by atomic mass is 16.2. The molecule has 1 amide bonds. The number of amides is 1. The Hall–Kier alpha value is -0.570. The van der Waals surface area contributed by atoms with Gasteiger partial charge in [0.2, 0.25) is 5.91 Å². The molecule has 2 saturated carbocycles. The summed E-state index contributed by atoms with van der Waals surface area (Å²) in [6.07, 6.45) is 9.32. The summed E-state index contributed by atoms with van der Waals surface area (Å²) in [5, 5.41) is 0. The molecule has 2 aliphatic carbocycles. The maximum absolute atomic E-state index is 12.6. The van der Waals surface area contributed by atoms with Crippen molar-refractivity contribution in [3.63, 3.8) is 0 Å². The predicted octanol–water partition coefficient (Wildman–Crippen LogP) is 2.54. The summed E-state index contributed by atoms with van der Waals surface area (Å²) in [7, 11) is 0. The van der Waals surface area contributed by atoms with Gasteiger partial charge in [0.25, 0.3) is 0 Å². The van der Waals surface area contributed by atoms with Gasteiger partial charge in [-0.05, 0) is 63.8 Å². The van der Waals surface area contributed by atoms with Crippen LogP contribution in [0.15, 0.2) is 0 Å². The maximum atomic E-state index is 12.6. The van der Waals surface area contributed by atoms with Gasteiger partial charge in [-0.15, -0.1) is 0 Å². The van der Waals surface area contributed by atoms with E-state index in [4.69, 9.17) is 5.73 Å². The third kappa shape index (κ3) is 3.25. The van der Waals surface area contributed by atoms with Gasteiger partial charge < -0.3 is 10.6 Å². The smallest absolute Gasteiger partial charge is 0.225 e. The van der Waals surface area contributed by atoms with Crippen LogP contribution in [0.1, 0.15) is 58.3 Å². The van der Waals surface area contributed by atoms with Gasteiger partial charge in [-0.1, -0.05) is 6.92 Å². The number of rotatable bonds is 5. The lowest BCUT2D eigenvalue weighted by molar-refractivity contribution is -0.141. The summed E-state index contributed by atoms with van der Waals surface area (Å²) in [6.45, 7) is 3.88. The fourth-order valence-corrected chi connectivity index (χ4v) is 3.17. The van der Waals surface area contributed by atoms with Crippen LogP contribution in [0.2, 0.25) is 0 Å². The van der Waals surface area contributed by atoms with Crippen molar-refractivity contribution >= 4 is 5.91 Å². The first-order valence-electron chi connectivity index (χ1n) is 7.73. The minimum Gasteiger partial charge on any atom is -0.339 e. The summed E-state index contributed by atoms with van der Waals surface area (Å²) in [4.78, 5) is 14.8. The second-order valence-electron chi connectivity index (χ2n) is 6.22. The molecule has 0 bridgehead atoms. The van der Waals surface area contributed by atoms with Crippen molar-refractivity contribution in [3.05, 3.63) is 0 Å². The minimum absolute atomic E-state index is 0.305. The molecule has 0 aliphatic heterocycles. The van der Waals surface area contributed by atoms with E-state index >= 15 is 0 Å². The molecule has 3 heteroatoms. The Morgan fingerprint density at radius 1 is 1.17 bits per heavy atom. The van der Waals surface area contributed by atoms with Crippen molar-refractivity contribution in [2.75, 3.05) is 13.1 Å². The fourth-order valence-electron chi connectivity index (χ4n) is 3.17. The highest BCUT2D eigenvalue weighted by molar-refractivity contribution is 5.79. The molecule has 2 fully saturated rings. The summed E-state index contributed by atoms with van der Waals surface area (Å²) in [6, 6.07) is 0.531. The van der Waals surface area contributed by atoms with E-state index in [0.29, 0.717) is 24.4 Å². The molecule has 0 aromatic heterocycles. The van der Waals surface area contributed by atoms with E-state index in [9.17, 15) is 4.79 Å². The van der Waals surface area contributed by atoms with E-state index in [2.05, 4.69) is 11.8 Å². The first-order valence-corrected chi connectivity index (χ1v) is 7.73. The lowest BCUT2D eigenvalue weighted by Crippen LogP contribution is -2.48. The SMILES string of the molecule is CC1CCC(C(=O)N(CCCN)C2CCC2)CC1. The third-order valence-electron chi connectivity index (χ3n) is 4.77. The summed E-state index contributed by atoms with van der Waals surface area (Å²) < 4.78 is 0. The third-order valence-corrected chi connectivity index (χ3v) is 4.77. The van der Waals surface area contributed by atoms with Crippen molar-refractivity contribution < 1.29 is 4.79 Å². The van der Waals surface area contributed by atoms with Crippen LogP contribution in [0.4, 0.5) is 0 Å². The highest BCUT2D eigenvalue weighted by Crippen LogP contribution is 2.32. The van der Waals surface area contributed by atoms with Crippen LogP contribution in [-0.4, -0.2) is 29.9 Å². The molecule has 0 saturated heterocycles. The molecule has 0 heterocycles. The van der Waals surface area contributed by atoms with Gasteiger partial charge >= 0.3 is 0 Å². The van der Waals surface area contributed by atoms with E-state index in [-0.39, 0.29) is 0 Å². The number of nitrogens with zero attached hydrogens (tertiary/aromatic N) is 1. The van der Waals surface area contributed by atoms with Gasteiger partial charge in [0.15, 0.2) is 0 Å². The van der Waals surface area contributed by atoms with Crippen molar-refractivity contribution in [3.8, 4) is 0 Å². The van der Waals surface area contributed by atoms with Gasteiger partial charge in [0.1, 0.15) is 0 Å². The Bertz CT molecular complexity index is 268. The van der Waals surface area contributed by atoms with E-state index in [1.165, 1.54) is 32.1 Å². The molecule has 0 aromatic rings. The molecule has 0 unspecified atom stereocenters. The van der Waals surface area contributed by atoms with Crippen molar-refractivity contribution in [1.29, 1.82) is 0 Å². The Morgan fingerprint density at radius 2 is 1.83 bits per heavy atom. The van der Waals surface area contributed by atoms with Crippen molar-refractivity contribution in [2.45, 2.75) is 64.3 Å². The largest absolute Gasteiger partial charge is 0.339 e. The van der Waals surface area contributed by atoms with Crippen molar-refractivity contribution in [1.82, 2.24) is 4.90 Å². The first-order chi connectivity index (χ1) is 8.72. The molecule has 0 radical (unpaired) electrons. The van der Waals surface area contributed by atoms with E-state index in [1.807, 2.05) is 0 Å². The highest BCUT2D eigenvalue weighted by Gasteiger charge is 2.33. The standard InChI is InChI=1S/C15H28N2O/c1-12-6-8-13(9-7-12)15(18)17(11-3-10-16)14-4-2-5-14/h12-14H,2-11,16H2,1H3. The van der Waals surface area contributed by atoms with Gasteiger partial charge in [0, 0.05) is 18.5 Å². The van der Waals surface area contributed by atoms with E-state index in [1.54, 1.807) is 0 Å². The second-order valence-corrected chi connectivity index (χ2v) is 6.22.